The van der Waals surface area contributed by atoms with Crippen molar-refractivity contribution in [2.75, 3.05) is 44.2 Å². The molecule has 5 N–H and O–H groups in total. The Bertz CT molecular complexity index is 2360. The molecule has 2 aliphatic rings. The minimum Gasteiger partial charge on any atom is -0.496 e. The molecule has 0 saturated carbocycles. The molecule has 1 aliphatic carbocycles. The Hall–Kier alpha value is -6.06. The summed E-state index contributed by atoms with van der Waals surface area (Å²) >= 11 is 0. The average Bonchev–Trinajstić information content (AvgIpc) is 3.66. The molecular weight excluding hydrogens is 761 g/mol. The predicted molar refractivity (Wildman–Crippen MR) is 226 cm³/mol. The van der Waals surface area contributed by atoms with E-state index in [1.54, 1.807) is 59.8 Å². The summed E-state index contributed by atoms with van der Waals surface area (Å²) in [5, 5.41) is 23.4. The topological polar surface area (TPSA) is 180 Å². The van der Waals surface area contributed by atoms with Crippen LogP contribution in [0.1, 0.15) is 50.4 Å². The summed E-state index contributed by atoms with van der Waals surface area (Å²) in [7, 11) is 1.82. The maximum absolute atomic E-state index is 13.6. The van der Waals surface area contributed by atoms with Crippen LogP contribution in [0.2, 0.25) is 0 Å². The Morgan fingerprint density at radius 1 is 0.983 bits per heavy atom. The van der Waals surface area contributed by atoms with Gasteiger partial charge in [-0.05, 0) is 67.5 Å². The number of fused-ring (bicyclic) bond motifs is 1. The van der Waals surface area contributed by atoms with Gasteiger partial charge in [0, 0.05) is 34.8 Å². The minimum atomic E-state index is -1.20. The van der Waals surface area contributed by atoms with Crippen LogP contribution in [0.25, 0.3) is 10.8 Å². The number of benzene rings is 3. The molecule has 1 fully saturated rings. The molecule has 15 heteroatoms. The van der Waals surface area contributed by atoms with Gasteiger partial charge >= 0.3 is 12.0 Å². The number of rotatable bonds is 14. The third kappa shape index (κ3) is 9.90. The molecule has 1 saturated heterocycles. The number of ketones is 1. The maximum Gasteiger partial charge on any atom is 0.323 e. The zero-order valence-corrected chi connectivity index (χ0v) is 34.2. The summed E-state index contributed by atoms with van der Waals surface area (Å²) < 4.78 is 29.5. The Morgan fingerprint density at radius 3 is 2.47 bits per heavy atom. The van der Waals surface area contributed by atoms with Gasteiger partial charge in [-0.15, -0.1) is 6.26 Å². The van der Waals surface area contributed by atoms with Crippen molar-refractivity contribution in [3.63, 3.8) is 0 Å². The Labute approximate surface area is 339 Å². The number of methoxy groups -OCH3 is 2. The molecule has 6 rings (SSSR count). The monoisotopic (exact) mass is 809 g/mol. The molecule has 2 heterocycles. The first kappa shape index (κ1) is 41.6. The number of carbonyl (C=O) groups is 3. The van der Waals surface area contributed by atoms with E-state index in [0.717, 1.165) is 22.9 Å². The summed E-state index contributed by atoms with van der Waals surface area (Å²) in [5.41, 5.74) is 4.16. The van der Waals surface area contributed by atoms with Crippen LogP contribution in [0.3, 0.4) is 0 Å². The van der Waals surface area contributed by atoms with E-state index in [1.165, 1.54) is 19.7 Å². The number of aliphatic carboxylic acids is 1. The number of allylic oxidation sites excluding steroid dienone is 2. The van der Waals surface area contributed by atoms with Crippen molar-refractivity contribution in [1.82, 2.24) is 20.5 Å². The molecule has 2 atom stereocenters. The first-order valence-electron chi connectivity index (χ1n) is 18.8. The normalized spacial score (nSPS) is 17.7. The van der Waals surface area contributed by atoms with Gasteiger partial charge < -0.3 is 44.8 Å². The number of pyridine rings is 1. The summed E-state index contributed by atoms with van der Waals surface area (Å²) in [4.78, 5) is 44.5. The smallest absolute Gasteiger partial charge is 0.323 e. The van der Waals surface area contributed by atoms with Crippen molar-refractivity contribution < 1.29 is 37.9 Å². The second-order valence-electron chi connectivity index (χ2n) is 15.2. The number of ether oxygens (including phenoxy) is 3. The Morgan fingerprint density at radius 2 is 1.76 bits per heavy atom. The quantitative estimate of drug-likeness (QED) is 0.0485. The highest BCUT2D eigenvalue weighted by atomic mass is 32.2. The van der Waals surface area contributed by atoms with Crippen molar-refractivity contribution in [1.29, 1.82) is 0 Å². The lowest BCUT2D eigenvalue weighted by molar-refractivity contribution is -0.141. The van der Waals surface area contributed by atoms with E-state index in [9.17, 15) is 23.7 Å². The van der Waals surface area contributed by atoms with Gasteiger partial charge in [-0.25, -0.2) is 9.78 Å². The molecule has 0 spiro atoms. The van der Waals surface area contributed by atoms with Crippen LogP contribution < -0.4 is 30.7 Å². The van der Waals surface area contributed by atoms with E-state index in [-0.39, 0.29) is 23.7 Å². The van der Waals surface area contributed by atoms with Crippen LogP contribution in [0.15, 0.2) is 96.2 Å². The van der Waals surface area contributed by atoms with Crippen molar-refractivity contribution in [3.8, 4) is 17.2 Å². The van der Waals surface area contributed by atoms with E-state index in [4.69, 9.17) is 14.2 Å². The molecule has 58 heavy (non-hydrogen) atoms. The van der Waals surface area contributed by atoms with Gasteiger partial charge in [-0.1, -0.05) is 56.6 Å². The minimum absolute atomic E-state index is 0.00829. The molecule has 1 aromatic heterocycles. The maximum atomic E-state index is 13.6. The highest BCUT2D eigenvalue weighted by Gasteiger charge is 2.33. The van der Waals surface area contributed by atoms with Crippen molar-refractivity contribution >= 4 is 61.6 Å². The fourth-order valence-corrected chi connectivity index (χ4v) is 7.41. The van der Waals surface area contributed by atoms with E-state index < -0.39 is 28.4 Å². The standard InChI is InChI=1S/C43H49N6O8S/c1-43(2,3)26-20-33(45-25-58(6)54)40(56-5)34(21-26)48-42(53)47-32-15-16-37(30-11-8-7-10-29(30)32)57-28-17-18-44-39(23-28)46-27-13-14-31(38(22-27)55-4)36(50)24-49-19-9-12-35(49)41(51)52/h7-8,10-11,13-18,21-23,25-26,35,45H,9,12,19-20,24H2,1-6H3,(H,44,46)(H,51,52)(H2,47,48,53)/q-1. The Kier molecular flexibility index (Phi) is 12.9. The summed E-state index contributed by atoms with van der Waals surface area (Å²) in [5.74, 6) is 1.28. The first-order valence-corrected chi connectivity index (χ1v) is 20.5. The molecule has 0 radical (unpaired) electrons. The SMILES string of the molecule is COC1=C(NC=[S-](C)=O)CC(C(C)(C)C)C=C1NC(=O)Nc1ccc(Oc2ccnc(Nc3ccc(C(=O)CN4CCCC4C(=O)O)c(OC)c3)c2)c2ccccc12. The fourth-order valence-electron chi connectivity index (χ4n) is 7.10. The second kappa shape index (κ2) is 18.0. The lowest BCUT2D eigenvalue weighted by Gasteiger charge is -2.34. The molecule has 1 aliphatic heterocycles. The number of carbonyl (C=O) groups excluding carboxylic acids is 2. The number of likely N-dealkylation sites (tertiary alicyclic amines) is 1. The van der Waals surface area contributed by atoms with Gasteiger partial charge in [0.1, 0.15) is 29.1 Å². The average molecular weight is 810 g/mol. The zero-order valence-electron chi connectivity index (χ0n) is 33.4. The first-order chi connectivity index (χ1) is 27.7. The van der Waals surface area contributed by atoms with Gasteiger partial charge in [0.05, 0.1) is 43.4 Å². The number of carboxylic acids is 1. The summed E-state index contributed by atoms with van der Waals surface area (Å²) in [6.45, 7) is 6.92. The zero-order chi connectivity index (χ0) is 41.6. The number of hydrogen-bond donors (Lipinski definition) is 5. The van der Waals surface area contributed by atoms with Crippen LogP contribution in [0, 0.1) is 11.3 Å². The number of aromatic nitrogens is 1. The van der Waals surface area contributed by atoms with E-state index >= 15 is 0 Å². The number of amides is 2. The third-order valence-corrected chi connectivity index (χ3v) is 10.6. The molecule has 14 nitrogen and oxygen atoms in total. The molecular formula is C43H49N6O8S-. The number of carboxylic acid groups (broad SMARTS) is 1. The number of urea groups is 1. The van der Waals surface area contributed by atoms with Crippen LogP contribution in [-0.4, -0.2) is 77.9 Å². The number of nitrogens with one attached hydrogen (secondary N) is 4. The highest BCUT2D eigenvalue weighted by Crippen LogP contribution is 2.39. The summed E-state index contributed by atoms with van der Waals surface area (Å²) in [6, 6.07) is 18.6. The lowest BCUT2D eigenvalue weighted by Crippen LogP contribution is -2.39. The van der Waals surface area contributed by atoms with Crippen LogP contribution in [-0.2, 0) is 24.1 Å². The van der Waals surface area contributed by atoms with Gasteiger partial charge in [0.15, 0.2) is 11.5 Å². The molecule has 2 unspecified atom stereocenters. The largest absolute Gasteiger partial charge is 0.496 e. The number of Topliss-reactive ketones (excluding diaryl/α,β-unsaturated/α-hetero) is 1. The summed E-state index contributed by atoms with van der Waals surface area (Å²) in [6.07, 6.45) is 7.05. The van der Waals surface area contributed by atoms with Gasteiger partial charge in [0.25, 0.3) is 0 Å². The van der Waals surface area contributed by atoms with Crippen molar-refractivity contribution in [2.24, 2.45) is 11.3 Å². The van der Waals surface area contributed by atoms with E-state index in [0.29, 0.717) is 70.8 Å². The molecule has 0 bridgehead atoms. The van der Waals surface area contributed by atoms with Crippen molar-refractivity contribution in [2.45, 2.75) is 46.1 Å². The van der Waals surface area contributed by atoms with Crippen LogP contribution >= 0.6 is 0 Å². The van der Waals surface area contributed by atoms with Crippen LogP contribution in [0.5, 0.6) is 17.2 Å². The fraction of sp³-hybridized carbons (Fsp3) is 0.326. The third-order valence-electron chi connectivity index (χ3n) is 10.1. The number of hydrogen-bond acceptors (Lipinski definition) is 11. The lowest BCUT2D eigenvalue weighted by atomic mass is 9.75. The molecule has 2 amide bonds. The second-order valence-corrected chi connectivity index (χ2v) is 16.4. The van der Waals surface area contributed by atoms with Gasteiger partial charge in [-0.3, -0.25) is 24.9 Å². The molecule has 306 valence electrons. The van der Waals surface area contributed by atoms with Gasteiger partial charge in [0.2, 0.25) is 0 Å². The number of anilines is 3. The van der Waals surface area contributed by atoms with Crippen molar-refractivity contribution in [3.05, 3.63) is 102 Å². The molecule has 3 aromatic carbocycles. The van der Waals surface area contributed by atoms with Crippen LogP contribution in [0.4, 0.5) is 22.0 Å². The number of nitrogens with zero attached hydrogens (tertiary/aromatic N) is 2. The highest BCUT2D eigenvalue weighted by molar-refractivity contribution is 7.82. The predicted octanol–water partition coefficient (Wildman–Crippen LogP) is 7.38. The van der Waals surface area contributed by atoms with Gasteiger partial charge in [-0.2, -0.15) is 0 Å². The molecule has 4 aromatic rings. The van der Waals surface area contributed by atoms with E-state index in [1.807, 2.05) is 30.3 Å². The Balaban J connectivity index is 1.16. The van der Waals surface area contributed by atoms with E-state index in [2.05, 4.69) is 47.0 Å².